The first-order chi connectivity index (χ1) is 9.54. The maximum Gasteiger partial charge on any atom is 0.332 e. The molecule has 0 spiro atoms. The third kappa shape index (κ3) is 4.23. The zero-order valence-electron chi connectivity index (χ0n) is 12.0. The van der Waals surface area contributed by atoms with Crippen molar-refractivity contribution in [2.45, 2.75) is 32.2 Å². The number of benzene rings is 1. The molecule has 4 heteroatoms. The lowest BCUT2D eigenvalue weighted by Crippen LogP contribution is -2.56. The molecule has 0 aromatic heterocycles. The lowest BCUT2D eigenvalue weighted by Gasteiger charge is -2.31. The minimum atomic E-state index is -1.09. The zero-order valence-corrected chi connectivity index (χ0v) is 12.0. The fourth-order valence-electron chi connectivity index (χ4n) is 2.17. The van der Waals surface area contributed by atoms with Crippen molar-refractivity contribution in [1.29, 1.82) is 0 Å². The molecule has 1 amide bonds. The summed E-state index contributed by atoms with van der Waals surface area (Å²) in [5, 5.41) is 2.74. The van der Waals surface area contributed by atoms with Crippen LogP contribution in [0.1, 0.15) is 25.8 Å². The van der Waals surface area contributed by atoms with E-state index in [0.717, 1.165) is 5.56 Å². The molecule has 4 nitrogen and oxygen atoms in total. The normalized spacial score (nSPS) is 13.1. The molecule has 0 heterocycles. The van der Waals surface area contributed by atoms with Crippen LogP contribution in [0.25, 0.3) is 0 Å². The first-order valence-corrected chi connectivity index (χ1v) is 6.65. The number of nitrogens with one attached hydrogen (secondary N) is 1. The highest BCUT2D eigenvalue weighted by Gasteiger charge is 2.39. The van der Waals surface area contributed by atoms with Crippen molar-refractivity contribution in [3.63, 3.8) is 0 Å². The highest BCUT2D eigenvalue weighted by Crippen LogP contribution is 2.20. The number of carbonyl (C=O) groups is 2. The van der Waals surface area contributed by atoms with Crippen molar-refractivity contribution in [1.82, 2.24) is 5.32 Å². The summed E-state index contributed by atoms with van der Waals surface area (Å²) in [5.74, 6) is -0.699. The topological polar surface area (TPSA) is 55.4 Å². The van der Waals surface area contributed by atoms with Crippen LogP contribution in [-0.2, 0) is 20.7 Å². The van der Waals surface area contributed by atoms with Gasteiger partial charge in [0.05, 0.1) is 6.61 Å². The van der Waals surface area contributed by atoms with Crippen molar-refractivity contribution in [2.24, 2.45) is 0 Å². The van der Waals surface area contributed by atoms with Crippen LogP contribution in [-0.4, -0.2) is 24.0 Å². The van der Waals surface area contributed by atoms with Crippen molar-refractivity contribution < 1.29 is 14.3 Å². The van der Waals surface area contributed by atoms with E-state index < -0.39 is 11.5 Å². The minimum absolute atomic E-state index is 0.268. The Kier molecular flexibility index (Phi) is 5.97. The minimum Gasteiger partial charge on any atom is -0.464 e. The first kappa shape index (κ1) is 16.0. The smallest absolute Gasteiger partial charge is 0.332 e. The third-order valence-corrected chi connectivity index (χ3v) is 2.92. The number of hydrogen-bond acceptors (Lipinski definition) is 3. The molecule has 0 fully saturated rings. The van der Waals surface area contributed by atoms with Gasteiger partial charge < -0.3 is 10.1 Å². The van der Waals surface area contributed by atoms with Gasteiger partial charge in [0.15, 0.2) is 0 Å². The second kappa shape index (κ2) is 7.48. The number of carbonyl (C=O) groups excluding carboxylic acids is 2. The molecule has 0 aliphatic carbocycles. The summed E-state index contributed by atoms with van der Waals surface area (Å²) in [5.41, 5.74) is -0.138. The Morgan fingerprint density at radius 2 is 2.00 bits per heavy atom. The van der Waals surface area contributed by atoms with E-state index in [-0.39, 0.29) is 12.5 Å². The summed E-state index contributed by atoms with van der Waals surface area (Å²) in [4.78, 5) is 23.8. The van der Waals surface area contributed by atoms with Crippen LogP contribution >= 0.6 is 0 Å². The largest absolute Gasteiger partial charge is 0.464 e. The van der Waals surface area contributed by atoms with Gasteiger partial charge >= 0.3 is 5.97 Å². The van der Waals surface area contributed by atoms with E-state index in [1.54, 1.807) is 13.0 Å². The average molecular weight is 275 g/mol. The van der Waals surface area contributed by atoms with Gasteiger partial charge in [0, 0.05) is 13.3 Å². The van der Waals surface area contributed by atoms with Gasteiger partial charge in [-0.1, -0.05) is 36.4 Å². The van der Waals surface area contributed by atoms with E-state index in [1.807, 2.05) is 30.3 Å². The fraction of sp³-hybridized carbons (Fsp3) is 0.375. The maximum absolute atomic E-state index is 12.3. The van der Waals surface area contributed by atoms with E-state index >= 15 is 0 Å². The van der Waals surface area contributed by atoms with E-state index in [4.69, 9.17) is 4.74 Å². The van der Waals surface area contributed by atoms with Gasteiger partial charge in [-0.3, -0.25) is 4.79 Å². The molecule has 1 atom stereocenters. The van der Waals surface area contributed by atoms with Crippen molar-refractivity contribution in [2.75, 3.05) is 6.61 Å². The fourth-order valence-corrected chi connectivity index (χ4v) is 2.17. The Labute approximate surface area is 119 Å². The summed E-state index contributed by atoms with van der Waals surface area (Å²) in [7, 11) is 0. The average Bonchev–Trinajstić information content (AvgIpc) is 2.39. The van der Waals surface area contributed by atoms with Gasteiger partial charge in [0.1, 0.15) is 5.54 Å². The molecule has 0 saturated carbocycles. The Morgan fingerprint density at radius 3 is 2.50 bits per heavy atom. The van der Waals surface area contributed by atoms with Gasteiger partial charge in [-0.25, -0.2) is 4.79 Å². The summed E-state index contributed by atoms with van der Waals surface area (Å²) < 4.78 is 5.13. The second-order valence-corrected chi connectivity index (χ2v) is 4.64. The quantitative estimate of drug-likeness (QED) is 0.613. The number of ether oxygens (including phenoxy) is 1. The highest BCUT2D eigenvalue weighted by molar-refractivity contribution is 5.87. The molecule has 20 heavy (non-hydrogen) atoms. The Balaban J connectivity index is 3.10. The molecule has 1 unspecified atom stereocenters. The van der Waals surface area contributed by atoms with Gasteiger partial charge in [-0.15, -0.1) is 6.58 Å². The standard InChI is InChI=1S/C16H21NO3/c1-4-11-16(17-13(3)18,15(19)20-5-2)12-14-9-7-6-8-10-14/h4,6-10H,1,5,11-12H2,2-3H3,(H,17,18). The Hall–Kier alpha value is -2.10. The molecule has 1 rings (SSSR count). The predicted octanol–water partition coefficient (Wildman–Crippen LogP) is 2.24. The Bertz CT molecular complexity index is 470. The molecule has 0 radical (unpaired) electrons. The van der Waals surface area contributed by atoms with Crippen LogP contribution in [0, 0.1) is 0 Å². The second-order valence-electron chi connectivity index (χ2n) is 4.64. The van der Waals surface area contributed by atoms with E-state index in [9.17, 15) is 9.59 Å². The highest BCUT2D eigenvalue weighted by atomic mass is 16.5. The van der Waals surface area contributed by atoms with Crippen LogP contribution in [0.4, 0.5) is 0 Å². The lowest BCUT2D eigenvalue weighted by atomic mass is 9.87. The molecule has 108 valence electrons. The molecular formula is C16H21NO3. The van der Waals surface area contributed by atoms with Crippen LogP contribution in [0.2, 0.25) is 0 Å². The van der Waals surface area contributed by atoms with Crippen LogP contribution in [0.3, 0.4) is 0 Å². The van der Waals surface area contributed by atoms with Gasteiger partial charge in [0.25, 0.3) is 0 Å². The molecule has 0 bridgehead atoms. The maximum atomic E-state index is 12.3. The van der Waals surface area contributed by atoms with Gasteiger partial charge in [-0.05, 0) is 18.9 Å². The molecule has 1 N–H and O–H groups in total. The Morgan fingerprint density at radius 1 is 1.35 bits per heavy atom. The third-order valence-electron chi connectivity index (χ3n) is 2.92. The first-order valence-electron chi connectivity index (χ1n) is 6.65. The monoisotopic (exact) mass is 275 g/mol. The number of hydrogen-bond donors (Lipinski definition) is 1. The van der Waals surface area contributed by atoms with Crippen LogP contribution in [0.15, 0.2) is 43.0 Å². The molecule has 1 aromatic carbocycles. The van der Waals surface area contributed by atoms with Gasteiger partial charge in [-0.2, -0.15) is 0 Å². The van der Waals surface area contributed by atoms with E-state index in [2.05, 4.69) is 11.9 Å². The molecule has 0 aliphatic rings. The van der Waals surface area contributed by atoms with E-state index in [0.29, 0.717) is 12.8 Å². The summed E-state index contributed by atoms with van der Waals surface area (Å²) in [6, 6.07) is 9.53. The summed E-state index contributed by atoms with van der Waals surface area (Å²) in [6.45, 7) is 7.08. The van der Waals surface area contributed by atoms with Crippen molar-refractivity contribution in [3.8, 4) is 0 Å². The molecule has 1 aromatic rings. The lowest BCUT2D eigenvalue weighted by molar-refractivity contribution is -0.153. The summed E-state index contributed by atoms with van der Waals surface area (Å²) >= 11 is 0. The van der Waals surface area contributed by atoms with Crippen LogP contribution < -0.4 is 5.32 Å². The zero-order chi connectivity index (χ0) is 15.0. The summed E-state index contributed by atoms with van der Waals surface area (Å²) in [6.07, 6.45) is 2.31. The molecule has 0 aliphatic heterocycles. The van der Waals surface area contributed by atoms with Crippen molar-refractivity contribution in [3.05, 3.63) is 48.6 Å². The molecular weight excluding hydrogens is 254 g/mol. The predicted molar refractivity (Wildman–Crippen MR) is 78.1 cm³/mol. The molecule has 0 saturated heterocycles. The van der Waals surface area contributed by atoms with E-state index in [1.165, 1.54) is 6.92 Å². The van der Waals surface area contributed by atoms with Crippen molar-refractivity contribution >= 4 is 11.9 Å². The van der Waals surface area contributed by atoms with Gasteiger partial charge in [0.2, 0.25) is 5.91 Å². The number of amides is 1. The number of esters is 1. The van der Waals surface area contributed by atoms with Crippen LogP contribution in [0.5, 0.6) is 0 Å². The number of rotatable bonds is 7. The SMILES string of the molecule is C=CCC(Cc1ccccc1)(NC(C)=O)C(=O)OCC.